The molecule has 0 spiro atoms. The highest BCUT2D eigenvalue weighted by atomic mass is 16.3. The van der Waals surface area contributed by atoms with Gasteiger partial charge in [0.15, 0.2) is 0 Å². The van der Waals surface area contributed by atoms with Crippen LogP contribution in [-0.2, 0) is 4.79 Å². The Morgan fingerprint density at radius 2 is 2.24 bits per heavy atom. The van der Waals surface area contributed by atoms with Crippen LogP contribution in [0.4, 0.5) is 11.4 Å². The Morgan fingerprint density at radius 3 is 3.00 bits per heavy atom. The molecule has 1 fully saturated rings. The van der Waals surface area contributed by atoms with Crippen LogP contribution in [0.25, 0.3) is 0 Å². The molecule has 1 amide bonds. The molecule has 0 aliphatic carbocycles. The lowest BCUT2D eigenvalue weighted by Gasteiger charge is -2.31. The monoisotopic (exact) mass is 289 g/mol. The zero-order chi connectivity index (χ0) is 14.8. The minimum atomic E-state index is -0.258. The molecule has 3 rings (SSSR count). The van der Waals surface area contributed by atoms with Crippen molar-refractivity contribution in [2.45, 2.75) is 37.8 Å². The average Bonchev–Trinajstić information content (AvgIpc) is 2.67. The smallest absolute Gasteiger partial charge is 0.246 e. The van der Waals surface area contributed by atoms with Crippen molar-refractivity contribution < 1.29 is 9.90 Å². The zero-order valence-corrected chi connectivity index (χ0v) is 12.4. The molecule has 0 saturated carbocycles. The second-order valence-electron chi connectivity index (χ2n) is 5.86. The Labute approximate surface area is 125 Å². The summed E-state index contributed by atoms with van der Waals surface area (Å²) >= 11 is 0. The molecule has 0 aromatic heterocycles. The van der Waals surface area contributed by atoms with Crippen LogP contribution >= 0.6 is 0 Å². The number of aliphatic hydroxyl groups is 1. The largest absolute Gasteiger partial charge is 0.394 e. The molecule has 2 aliphatic rings. The molecule has 2 atom stereocenters. The molecule has 1 aromatic carbocycles. The number of carbonyl (C=O) groups is 1. The van der Waals surface area contributed by atoms with E-state index in [0.717, 1.165) is 36.3 Å². The quantitative estimate of drug-likeness (QED) is 0.791. The molecule has 21 heavy (non-hydrogen) atoms. The topological polar surface area (TPSA) is 64.6 Å². The summed E-state index contributed by atoms with van der Waals surface area (Å²) in [4.78, 5) is 14.2. The van der Waals surface area contributed by atoms with Crippen LogP contribution in [0.3, 0.4) is 0 Å². The molecular formula is C16H23N3O2. The molecule has 0 radical (unpaired) electrons. The van der Waals surface area contributed by atoms with Gasteiger partial charge in [-0.2, -0.15) is 0 Å². The van der Waals surface area contributed by atoms with Gasteiger partial charge >= 0.3 is 0 Å². The maximum Gasteiger partial charge on any atom is 0.246 e. The third kappa shape index (κ3) is 2.63. The van der Waals surface area contributed by atoms with Crippen molar-refractivity contribution >= 4 is 17.3 Å². The third-order valence-corrected chi connectivity index (χ3v) is 4.58. The lowest BCUT2D eigenvalue weighted by molar-refractivity contribution is -0.117. The van der Waals surface area contributed by atoms with Crippen LogP contribution in [0, 0.1) is 0 Å². The maximum absolute atomic E-state index is 11.9. The molecule has 5 heteroatoms. The molecule has 2 unspecified atom stereocenters. The number of hydrogen-bond donors (Lipinski definition) is 3. The Morgan fingerprint density at radius 1 is 1.38 bits per heavy atom. The van der Waals surface area contributed by atoms with Gasteiger partial charge in [-0.1, -0.05) is 18.9 Å². The van der Waals surface area contributed by atoms with E-state index in [1.54, 1.807) is 7.05 Å². The van der Waals surface area contributed by atoms with Crippen molar-refractivity contribution in [1.29, 1.82) is 0 Å². The molecule has 1 saturated heterocycles. The minimum absolute atomic E-state index is 0.000718. The van der Waals surface area contributed by atoms with Crippen molar-refractivity contribution in [1.82, 2.24) is 5.32 Å². The number of hydrogen-bond acceptors (Lipinski definition) is 4. The van der Waals surface area contributed by atoms with E-state index in [1.807, 2.05) is 12.1 Å². The second kappa shape index (κ2) is 6.03. The molecule has 0 bridgehead atoms. The molecule has 3 N–H and O–H groups in total. The average molecular weight is 289 g/mol. The highest BCUT2D eigenvalue weighted by molar-refractivity contribution is 6.03. The number of aliphatic hydroxyl groups excluding tert-OH is 1. The van der Waals surface area contributed by atoms with Crippen LogP contribution in [0.5, 0.6) is 0 Å². The number of nitrogens with one attached hydrogen (secondary N) is 2. The lowest BCUT2D eigenvalue weighted by Crippen LogP contribution is -2.37. The van der Waals surface area contributed by atoms with Crippen molar-refractivity contribution in [3.63, 3.8) is 0 Å². The van der Waals surface area contributed by atoms with E-state index < -0.39 is 0 Å². The van der Waals surface area contributed by atoms with Crippen molar-refractivity contribution in [2.24, 2.45) is 0 Å². The van der Waals surface area contributed by atoms with Crippen LogP contribution in [-0.4, -0.2) is 37.3 Å². The number of nitrogens with zero attached hydrogens (tertiary/aromatic N) is 1. The summed E-state index contributed by atoms with van der Waals surface area (Å²) in [6.45, 7) is 1.15. The maximum atomic E-state index is 11.9. The van der Waals surface area contributed by atoms with Crippen LogP contribution in [0.1, 0.15) is 37.3 Å². The van der Waals surface area contributed by atoms with Gasteiger partial charge in [0, 0.05) is 23.5 Å². The predicted molar refractivity (Wildman–Crippen MR) is 83.6 cm³/mol. The summed E-state index contributed by atoms with van der Waals surface area (Å²) < 4.78 is 0. The highest BCUT2D eigenvalue weighted by Gasteiger charge is 2.30. The molecule has 1 aromatic rings. The van der Waals surface area contributed by atoms with Gasteiger partial charge in [0.05, 0.1) is 12.6 Å². The number of benzene rings is 1. The molecule has 5 nitrogen and oxygen atoms in total. The van der Waals surface area contributed by atoms with E-state index >= 15 is 0 Å². The number of likely N-dealkylation sites (N-methyl/N-ethyl adjacent to an activating group) is 1. The number of amides is 1. The Balaban J connectivity index is 1.90. The first-order chi connectivity index (χ1) is 10.2. The van der Waals surface area contributed by atoms with Crippen LogP contribution < -0.4 is 15.5 Å². The van der Waals surface area contributed by atoms with Crippen molar-refractivity contribution in [3.8, 4) is 0 Å². The van der Waals surface area contributed by atoms with E-state index in [-0.39, 0.29) is 24.6 Å². The molecule has 2 heterocycles. The van der Waals surface area contributed by atoms with Gasteiger partial charge in [-0.05, 0) is 32.0 Å². The van der Waals surface area contributed by atoms with Crippen molar-refractivity contribution in [2.75, 3.05) is 30.4 Å². The van der Waals surface area contributed by atoms with E-state index in [9.17, 15) is 9.90 Å². The SMILES string of the molecule is CNC1C(=O)Nc2cc(N3CCCCCC3CO)ccc21. The van der Waals surface area contributed by atoms with Crippen LogP contribution in [0.2, 0.25) is 0 Å². The highest BCUT2D eigenvalue weighted by Crippen LogP contribution is 2.35. The van der Waals surface area contributed by atoms with Gasteiger partial charge in [-0.3, -0.25) is 4.79 Å². The summed E-state index contributed by atoms with van der Waals surface area (Å²) in [7, 11) is 1.80. The molecule has 114 valence electrons. The zero-order valence-electron chi connectivity index (χ0n) is 12.4. The lowest BCUT2D eigenvalue weighted by atomic mass is 10.1. The van der Waals surface area contributed by atoms with Crippen molar-refractivity contribution in [3.05, 3.63) is 23.8 Å². The van der Waals surface area contributed by atoms with E-state index in [4.69, 9.17) is 0 Å². The normalized spacial score (nSPS) is 25.4. The fraction of sp³-hybridized carbons (Fsp3) is 0.562. The summed E-state index contributed by atoms with van der Waals surface area (Å²) in [5.74, 6) is -0.000718. The van der Waals surface area contributed by atoms with Gasteiger partial charge in [-0.25, -0.2) is 0 Å². The van der Waals surface area contributed by atoms with Gasteiger partial charge in [0.1, 0.15) is 6.04 Å². The first-order valence-corrected chi connectivity index (χ1v) is 7.74. The van der Waals surface area contributed by atoms with Gasteiger partial charge < -0.3 is 20.6 Å². The Hall–Kier alpha value is -1.59. The summed E-state index contributed by atoms with van der Waals surface area (Å²) in [6, 6.07) is 6.05. The van der Waals surface area contributed by atoms with E-state index in [0.29, 0.717) is 0 Å². The predicted octanol–water partition coefficient (Wildman–Crippen LogP) is 1.64. The standard InChI is InChI=1S/C16H23N3O2/c1-17-15-13-7-6-11(9-14(13)18-16(15)21)19-8-4-2-3-5-12(19)10-20/h6-7,9,12,15,17,20H,2-5,8,10H2,1H3,(H,18,21). The number of anilines is 2. The van der Waals surface area contributed by atoms with E-state index in [2.05, 4.69) is 21.6 Å². The van der Waals surface area contributed by atoms with Crippen LogP contribution in [0.15, 0.2) is 18.2 Å². The molecule has 2 aliphatic heterocycles. The van der Waals surface area contributed by atoms with Gasteiger partial charge in [0.25, 0.3) is 0 Å². The Kier molecular flexibility index (Phi) is 4.12. The Bertz CT molecular complexity index is 532. The number of fused-ring (bicyclic) bond motifs is 1. The third-order valence-electron chi connectivity index (χ3n) is 4.58. The summed E-state index contributed by atoms with van der Waals surface area (Å²) in [6.07, 6.45) is 4.57. The number of carbonyl (C=O) groups excluding carboxylic acids is 1. The number of rotatable bonds is 3. The van der Waals surface area contributed by atoms with Gasteiger partial charge in [0.2, 0.25) is 5.91 Å². The fourth-order valence-corrected chi connectivity index (χ4v) is 3.42. The summed E-state index contributed by atoms with van der Waals surface area (Å²) in [5.41, 5.74) is 2.98. The first-order valence-electron chi connectivity index (χ1n) is 7.74. The van der Waals surface area contributed by atoms with E-state index in [1.165, 1.54) is 12.8 Å². The fourth-order valence-electron chi connectivity index (χ4n) is 3.42. The first kappa shape index (κ1) is 14.4. The second-order valence-corrected chi connectivity index (χ2v) is 5.86. The minimum Gasteiger partial charge on any atom is -0.394 e. The molecular weight excluding hydrogens is 266 g/mol. The van der Waals surface area contributed by atoms with Gasteiger partial charge in [-0.15, -0.1) is 0 Å². The summed E-state index contributed by atoms with van der Waals surface area (Å²) in [5, 5.41) is 15.6.